The summed E-state index contributed by atoms with van der Waals surface area (Å²) in [7, 11) is 0. The van der Waals surface area contributed by atoms with Gasteiger partial charge in [-0.05, 0) is 143 Å². The summed E-state index contributed by atoms with van der Waals surface area (Å²) in [6.45, 7) is 0. The number of alkyl halides is 6. The van der Waals surface area contributed by atoms with E-state index in [0.29, 0.717) is 44.8 Å². The predicted octanol–water partition coefficient (Wildman–Crippen LogP) is 10.4. The molecule has 0 saturated heterocycles. The Kier molecular flexibility index (Phi) is 14.0. The third-order valence-electron chi connectivity index (χ3n) is 9.03. The lowest BCUT2D eigenvalue weighted by molar-refractivity contribution is -0.275. The highest BCUT2D eigenvalue weighted by Gasteiger charge is 2.32. The van der Waals surface area contributed by atoms with Crippen molar-refractivity contribution in [1.82, 2.24) is 0 Å². The van der Waals surface area contributed by atoms with Crippen LogP contribution < -0.4 is 30.4 Å². The van der Waals surface area contributed by atoms with Gasteiger partial charge in [0.25, 0.3) is 0 Å². The van der Waals surface area contributed by atoms with Gasteiger partial charge < -0.3 is 30.4 Å². The number of carbonyl (C=O) groups excluding carboxylic acids is 4. The van der Waals surface area contributed by atoms with Gasteiger partial charge in [0, 0.05) is 24.2 Å². The number of benzene rings is 6. The van der Waals surface area contributed by atoms with Crippen LogP contribution in [0, 0.1) is 0 Å². The monoisotopic (exact) mass is 880 g/mol. The van der Waals surface area contributed by atoms with Crippen molar-refractivity contribution in [2.24, 2.45) is 0 Å². The molecule has 0 radical (unpaired) electrons. The number of nitrogen functional groups attached to an aromatic ring is 2. The van der Waals surface area contributed by atoms with Gasteiger partial charge in [-0.1, -0.05) is 48.6 Å². The van der Waals surface area contributed by atoms with E-state index in [9.17, 15) is 45.5 Å². The van der Waals surface area contributed by atoms with Crippen LogP contribution in [-0.2, 0) is 22.4 Å². The Balaban J connectivity index is 1.06. The summed E-state index contributed by atoms with van der Waals surface area (Å²) in [5.41, 5.74) is 16.8. The summed E-state index contributed by atoms with van der Waals surface area (Å²) in [4.78, 5) is 51.5. The van der Waals surface area contributed by atoms with Crippen LogP contribution in [0.5, 0.6) is 23.0 Å². The van der Waals surface area contributed by atoms with E-state index in [2.05, 4.69) is 9.47 Å². The highest BCUT2D eigenvalue weighted by molar-refractivity contribution is 5.98. The second-order valence-electron chi connectivity index (χ2n) is 13.8. The zero-order chi connectivity index (χ0) is 46.0. The molecule has 16 heteroatoms. The number of hydrogen-bond donors (Lipinski definition) is 2. The normalized spacial score (nSPS) is 11.7. The minimum atomic E-state index is -4.87. The molecular weight excluding hydrogens is 847 g/mol. The van der Waals surface area contributed by atoms with Gasteiger partial charge in [-0.3, -0.25) is 9.59 Å². The second-order valence-corrected chi connectivity index (χ2v) is 13.8. The van der Waals surface area contributed by atoms with Crippen molar-refractivity contribution in [2.45, 2.75) is 25.6 Å². The van der Waals surface area contributed by atoms with E-state index in [0.717, 1.165) is 48.5 Å². The Bertz CT molecular complexity index is 2520. The lowest BCUT2D eigenvalue weighted by atomic mass is 9.90. The standard InChI is InChI=1S/C48H34F6N2O8/c49-47(50,51)63-41-19-7-31(8-20-41)45(59)61-39-15-3-29(4-16-39)1-13-37(57)27-33-25-35(55)11-23-43(33)44-24-12-36(56)26-34(44)28-38(58)14-2-30-5-17-40(18-6-30)62-46(60)32-9-21-42(22-10-32)64-48(52,53)54/h1-26H,27-28,55-56H2/b13-1+,14-2+. The molecule has 0 spiro atoms. The first-order chi connectivity index (χ1) is 30.4. The minimum absolute atomic E-state index is 0.00245. The van der Waals surface area contributed by atoms with Gasteiger partial charge in [0.1, 0.15) is 23.0 Å². The van der Waals surface area contributed by atoms with Gasteiger partial charge in [0.05, 0.1) is 11.1 Å². The maximum Gasteiger partial charge on any atom is 0.573 e. The molecule has 6 aromatic rings. The van der Waals surface area contributed by atoms with Crippen LogP contribution in [0.2, 0.25) is 0 Å². The number of halogens is 6. The maximum atomic E-state index is 13.3. The summed E-state index contributed by atoms with van der Waals surface area (Å²) in [5, 5.41) is 0. The van der Waals surface area contributed by atoms with Crippen LogP contribution in [0.15, 0.2) is 146 Å². The van der Waals surface area contributed by atoms with E-state index in [-0.39, 0.29) is 47.0 Å². The molecule has 326 valence electrons. The number of ketones is 2. The van der Waals surface area contributed by atoms with Crippen LogP contribution in [0.1, 0.15) is 43.0 Å². The molecule has 0 aliphatic heterocycles. The Hall–Kier alpha value is -8.14. The number of ether oxygens (including phenoxy) is 4. The number of allylic oxidation sites excluding steroid dienone is 2. The van der Waals surface area contributed by atoms with Crippen molar-refractivity contribution < 1.29 is 64.5 Å². The quantitative estimate of drug-likeness (QED) is 0.0334. The smallest absolute Gasteiger partial charge is 0.423 e. The van der Waals surface area contributed by atoms with Crippen molar-refractivity contribution in [3.05, 3.63) is 179 Å². The molecule has 0 aliphatic carbocycles. The molecular formula is C48H34F6N2O8. The van der Waals surface area contributed by atoms with Gasteiger partial charge in [-0.15, -0.1) is 26.3 Å². The molecule has 6 rings (SSSR count). The zero-order valence-corrected chi connectivity index (χ0v) is 33.1. The first kappa shape index (κ1) is 45.4. The fourth-order valence-electron chi connectivity index (χ4n) is 6.13. The first-order valence-corrected chi connectivity index (χ1v) is 18.9. The third kappa shape index (κ3) is 13.4. The van der Waals surface area contributed by atoms with E-state index >= 15 is 0 Å². The van der Waals surface area contributed by atoms with Crippen molar-refractivity contribution in [1.29, 1.82) is 0 Å². The minimum Gasteiger partial charge on any atom is -0.423 e. The molecule has 0 atom stereocenters. The van der Waals surface area contributed by atoms with Gasteiger partial charge >= 0.3 is 24.7 Å². The summed E-state index contributed by atoms with van der Waals surface area (Å²) >= 11 is 0. The number of carbonyl (C=O) groups is 4. The van der Waals surface area contributed by atoms with Gasteiger partial charge in [0.15, 0.2) is 11.6 Å². The number of anilines is 2. The molecule has 64 heavy (non-hydrogen) atoms. The van der Waals surface area contributed by atoms with Crippen molar-refractivity contribution in [2.75, 3.05) is 11.5 Å². The molecule has 0 heterocycles. The number of rotatable bonds is 15. The number of hydrogen-bond acceptors (Lipinski definition) is 10. The SMILES string of the molecule is Nc1ccc(-c2ccc(N)cc2CC(=O)/C=C/c2ccc(OC(=O)c3ccc(OC(F)(F)F)cc3)cc2)c(CC(=O)/C=C/c2ccc(OC(=O)c3ccc(OC(F)(F)F)cc3)cc2)c1. The lowest BCUT2D eigenvalue weighted by Gasteiger charge is -2.14. The van der Waals surface area contributed by atoms with E-state index < -0.39 is 36.2 Å². The summed E-state index contributed by atoms with van der Waals surface area (Å²) < 4.78 is 92.8. The molecule has 0 unspecified atom stereocenters. The topological polar surface area (TPSA) is 157 Å². The Morgan fingerprint density at radius 2 is 0.781 bits per heavy atom. The molecule has 0 fully saturated rings. The average Bonchev–Trinajstić information content (AvgIpc) is 3.23. The van der Waals surface area contributed by atoms with Crippen LogP contribution in [-0.4, -0.2) is 36.2 Å². The largest absolute Gasteiger partial charge is 0.573 e. The van der Waals surface area contributed by atoms with E-state index in [4.69, 9.17) is 20.9 Å². The Morgan fingerprint density at radius 3 is 1.11 bits per heavy atom. The van der Waals surface area contributed by atoms with E-state index in [1.54, 1.807) is 72.8 Å². The van der Waals surface area contributed by atoms with Gasteiger partial charge in [-0.25, -0.2) is 9.59 Å². The lowest BCUT2D eigenvalue weighted by Crippen LogP contribution is -2.17. The van der Waals surface area contributed by atoms with E-state index in [1.807, 2.05) is 0 Å². The number of esters is 2. The molecule has 0 aromatic heterocycles. The van der Waals surface area contributed by atoms with Gasteiger partial charge in [0.2, 0.25) is 0 Å². The highest BCUT2D eigenvalue weighted by Crippen LogP contribution is 2.32. The summed E-state index contributed by atoms with van der Waals surface area (Å²) in [6.07, 6.45) is -3.93. The van der Waals surface area contributed by atoms with E-state index in [1.165, 1.54) is 36.4 Å². The van der Waals surface area contributed by atoms with Crippen molar-refractivity contribution >= 4 is 47.0 Å². The fourth-order valence-corrected chi connectivity index (χ4v) is 6.13. The summed E-state index contributed by atoms with van der Waals surface area (Å²) in [5.74, 6) is -2.79. The zero-order valence-electron chi connectivity index (χ0n) is 33.1. The molecule has 0 amide bonds. The summed E-state index contributed by atoms with van der Waals surface area (Å²) in [6, 6.07) is 31.1. The molecule has 0 bridgehead atoms. The molecule has 0 saturated carbocycles. The Morgan fingerprint density at radius 1 is 0.453 bits per heavy atom. The highest BCUT2D eigenvalue weighted by atomic mass is 19.4. The third-order valence-corrected chi connectivity index (χ3v) is 9.03. The van der Waals surface area contributed by atoms with Crippen LogP contribution in [0.25, 0.3) is 23.3 Å². The first-order valence-electron chi connectivity index (χ1n) is 18.9. The molecule has 10 nitrogen and oxygen atoms in total. The predicted molar refractivity (Wildman–Crippen MR) is 225 cm³/mol. The second kappa shape index (κ2) is 19.7. The fraction of sp³-hybridized carbons (Fsp3) is 0.0833. The van der Waals surface area contributed by atoms with Crippen LogP contribution in [0.3, 0.4) is 0 Å². The van der Waals surface area contributed by atoms with Crippen LogP contribution >= 0.6 is 0 Å². The van der Waals surface area contributed by atoms with Crippen LogP contribution in [0.4, 0.5) is 37.7 Å². The molecule has 6 aromatic carbocycles. The maximum absolute atomic E-state index is 13.3. The molecule has 0 aliphatic rings. The molecule has 4 N–H and O–H groups in total. The number of nitrogens with two attached hydrogens (primary N) is 2. The van der Waals surface area contributed by atoms with Crippen molar-refractivity contribution in [3.63, 3.8) is 0 Å². The van der Waals surface area contributed by atoms with Gasteiger partial charge in [-0.2, -0.15) is 0 Å². The Labute approximate surface area is 360 Å². The van der Waals surface area contributed by atoms with Crippen molar-refractivity contribution in [3.8, 4) is 34.1 Å². The average molecular weight is 881 g/mol.